The SMILES string of the molecule is CCOC(=O)c1sc(NC(=O)c2cccc(NC3=C(Cl)C(=O)N(c4cccc(Cl)c4Cl)C3=O)c2)nc1C. The number of imide groups is 1. The summed E-state index contributed by atoms with van der Waals surface area (Å²) in [6, 6.07) is 10.7. The fourth-order valence-electron chi connectivity index (χ4n) is 3.38. The van der Waals surface area contributed by atoms with E-state index in [4.69, 9.17) is 39.5 Å². The van der Waals surface area contributed by atoms with Crippen LogP contribution in [0.3, 0.4) is 0 Å². The van der Waals surface area contributed by atoms with Crippen molar-refractivity contribution < 1.29 is 23.9 Å². The van der Waals surface area contributed by atoms with Crippen molar-refractivity contribution in [3.8, 4) is 0 Å². The molecule has 2 heterocycles. The summed E-state index contributed by atoms with van der Waals surface area (Å²) in [6.07, 6.45) is 0. The van der Waals surface area contributed by atoms with Crippen LogP contribution in [0.15, 0.2) is 53.2 Å². The third-order valence-corrected chi connectivity index (χ3v) is 7.28. The monoisotopic (exact) mass is 578 g/mol. The number of halogens is 3. The third kappa shape index (κ3) is 5.33. The van der Waals surface area contributed by atoms with Crippen LogP contribution in [0, 0.1) is 6.92 Å². The van der Waals surface area contributed by atoms with Gasteiger partial charge in [0.1, 0.15) is 15.6 Å². The normalized spacial score (nSPS) is 13.3. The number of rotatable bonds is 7. The first-order chi connectivity index (χ1) is 17.6. The Labute approximate surface area is 230 Å². The Kier molecular flexibility index (Phi) is 7.84. The van der Waals surface area contributed by atoms with Crippen LogP contribution in [-0.4, -0.2) is 35.3 Å². The lowest BCUT2D eigenvalue weighted by Gasteiger charge is -2.17. The minimum Gasteiger partial charge on any atom is -0.462 e. The van der Waals surface area contributed by atoms with Crippen LogP contribution < -0.4 is 15.5 Å². The molecule has 0 fully saturated rings. The van der Waals surface area contributed by atoms with Crippen LogP contribution in [-0.2, 0) is 14.3 Å². The van der Waals surface area contributed by atoms with Crippen LogP contribution in [0.1, 0.15) is 32.6 Å². The van der Waals surface area contributed by atoms with Gasteiger partial charge in [0.15, 0.2) is 5.13 Å². The number of amides is 3. The zero-order valence-electron chi connectivity index (χ0n) is 19.2. The maximum absolute atomic E-state index is 13.1. The van der Waals surface area contributed by atoms with E-state index in [0.29, 0.717) is 16.3 Å². The predicted molar refractivity (Wildman–Crippen MR) is 143 cm³/mol. The van der Waals surface area contributed by atoms with E-state index in [1.807, 2.05) is 0 Å². The van der Waals surface area contributed by atoms with E-state index in [1.54, 1.807) is 38.1 Å². The van der Waals surface area contributed by atoms with Crippen LogP contribution in [0.4, 0.5) is 16.5 Å². The number of aryl methyl sites for hydroxylation is 1. The van der Waals surface area contributed by atoms with Gasteiger partial charge in [0.05, 0.1) is 28.0 Å². The number of esters is 1. The molecule has 0 atom stereocenters. The Morgan fingerprint density at radius 3 is 2.54 bits per heavy atom. The van der Waals surface area contributed by atoms with E-state index in [9.17, 15) is 19.2 Å². The molecule has 37 heavy (non-hydrogen) atoms. The number of thiazole rings is 1. The van der Waals surface area contributed by atoms with Crippen molar-refractivity contribution in [2.75, 3.05) is 22.1 Å². The molecule has 2 N–H and O–H groups in total. The number of nitrogens with zero attached hydrogens (tertiary/aromatic N) is 2. The summed E-state index contributed by atoms with van der Waals surface area (Å²) in [4.78, 5) is 56.0. The molecule has 0 unspecified atom stereocenters. The second kappa shape index (κ2) is 10.9. The quantitative estimate of drug-likeness (QED) is 0.275. The second-order valence-corrected chi connectivity index (χ2v) is 9.68. The summed E-state index contributed by atoms with van der Waals surface area (Å²) in [7, 11) is 0. The van der Waals surface area contributed by atoms with Gasteiger partial charge >= 0.3 is 5.97 Å². The topological polar surface area (TPSA) is 118 Å². The lowest BCUT2D eigenvalue weighted by Crippen LogP contribution is -2.32. The minimum absolute atomic E-state index is 0.0267. The molecule has 190 valence electrons. The molecule has 3 aromatic rings. The summed E-state index contributed by atoms with van der Waals surface area (Å²) in [5.74, 6) is -2.53. The summed E-state index contributed by atoms with van der Waals surface area (Å²) >= 11 is 19.4. The van der Waals surface area contributed by atoms with Crippen molar-refractivity contribution in [3.63, 3.8) is 0 Å². The zero-order chi connectivity index (χ0) is 26.9. The van der Waals surface area contributed by atoms with Crippen molar-refractivity contribution in [2.24, 2.45) is 0 Å². The summed E-state index contributed by atoms with van der Waals surface area (Å²) in [5.41, 5.74) is 0.884. The molecule has 0 radical (unpaired) electrons. The Bertz CT molecular complexity index is 1490. The van der Waals surface area contributed by atoms with Gasteiger partial charge in [-0.2, -0.15) is 0 Å². The minimum atomic E-state index is -0.774. The summed E-state index contributed by atoms with van der Waals surface area (Å²) in [5, 5.41) is 5.52. The summed E-state index contributed by atoms with van der Waals surface area (Å²) in [6.45, 7) is 3.55. The highest BCUT2D eigenvalue weighted by atomic mass is 35.5. The van der Waals surface area contributed by atoms with Gasteiger partial charge in [0, 0.05) is 11.3 Å². The van der Waals surface area contributed by atoms with Gasteiger partial charge in [-0.3, -0.25) is 19.7 Å². The fraction of sp³-hybridized carbons (Fsp3) is 0.125. The largest absolute Gasteiger partial charge is 0.462 e. The molecule has 0 bridgehead atoms. The number of anilines is 3. The molecule has 2 aromatic carbocycles. The lowest BCUT2D eigenvalue weighted by molar-refractivity contribution is -0.120. The number of carbonyl (C=O) groups is 4. The van der Waals surface area contributed by atoms with Crippen molar-refractivity contribution in [3.05, 3.63) is 79.4 Å². The number of aromatic nitrogens is 1. The molecule has 1 aliphatic rings. The Morgan fingerprint density at radius 2 is 1.81 bits per heavy atom. The van der Waals surface area contributed by atoms with E-state index >= 15 is 0 Å². The van der Waals surface area contributed by atoms with Gasteiger partial charge in [-0.1, -0.05) is 58.3 Å². The van der Waals surface area contributed by atoms with E-state index < -0.39 is 23.7 Å². The standard InChI is InChI=1S/C24H17Cl3N4O5S/c1-3-36-23(35)19-11(2)28-24(37-19)30-20(32)12-6-4-7-13(10-12)29-18-17(27)21(33)31(22(18)34)15-9-5-8-14(25)16(15)26/h4-10,29H,3H2,1-2H3,(H,28,30,32). The first-order valence-corrected chi connectivity index (χ1v) is 12.6. The van der Waals surface area contributed by atoms with Gasteiger partial charge in [0.25, 0.3) is 17.7 Å². The average molecular weight is 580 g/mol. The van der Waals surface area contributed by atoms with Gasteiger partial charge in [-0.05, 0) is 44.2 Å². The van der Waals surface area contributed by atoms with E-state index in [2.05, 4.69) is 15.6 Å². The average Bonchev–Trinajstić information content (AvgIpc) is 3.33. The molecule has 9 nitrogen and oxygen atoms in total. The Balaban J connectivity index is 1.52. The third-order valence-electron chi connectivity index (χ3n) is 5.07. The maximum Gasteiger partial charge on any atom is 0.350 e. The Hall–Kier alpha value is -3.44. The number of hydrogen-bond acceptors (Lipinski definition) is 8. The molecule has 4 rings (SSSR count). The van der Waals surface area contributed by atoms with E-state index in [-0.39, 0.29) is 43.8 Å². The zero-order valence-corrected chi connectivity index (χ0v) is 22.3. The highest BCUT2D eigenvalue weighted by Gasteiger charge is 2.40. The van der Waals surface area contributed by atoms with E-state index in [1.165, 1.54) is 18.2 Å². The van der Waals surface area contributed by atoms with Crippen LogP contribution in [0.2, 0.25) is 10.0 Å². The molecule has 0 saturated carbocycles. The van der Waals surface area contributed by atoms with Crippen LogP contribution >= 0.6 is 46.1 Å². The molecule has 3 amide bonds. The van der Waals surface area contributed by atoms with E-state index in [0.717, 1.165) is 16.2 Å². The molecule has 1 aromatic heterocycles. The second-order valence-electron chi connectivity index (χ2n) is 7.52. The first-order valence-electron chi connectivity index (χ1n) is 10.7. The first kappa shape index (κ1) is 26.6. The van der Waals surface area contributed by atoms with Crippen LogP contribution in [0.25, 0.3) is 0 Å². The molecule has 0 spiro atoms. The van der Waals surface area contributed by atoms with Gasteiger partial charge in [-0.25, -0.2) is 14.7 Å². The highest BCUT2D eigenvalue weighted by molar-refractivity contribution is 7.17. The van der Waals surface area contributed by atoms with Crippen molar-refractivity contribution in [1.82, 2.24) is 4.98 Å². The predicted octanol–water partition coefficient (Wildman–Crippen LogP) is 5.62. The van der Waals surface area contributed by atoms with Crippen LogP contribution in [0.5, 0.6) is 0 Å². The van der Waals surface area contributed by atoms with Gasteiger partial charge in [0.2, 0.25) is 0 Å². The molecular formula is C24H17Cl3N4O5S. The number of carbonyl (C=O) groups excluding carboxylic acids is 4. The van der Waals surface area contributed by atoms with Crippen molar-refractivity contribution >= 4 is 86.3 Å². The Morgan fingerprint density at radius 1 is 1.08 bits per heavy atom. The number of benzene rings is 2. The molecule has 0 saturated heterocycles. The number of ether oxygens (including phenoxy) is 1. The highest BCUT2D eigenvalue weighted by Crippen LogP contribution is 2.37. The van der Waals surface area contributed by atoms with Gasteiger partial charge < -0.3 is 10.1 Å². The molecule has 1 aliphatic heterocycles. The summed E-state index contributed by atoms with van der Waals surface area (Å²) < 4.78 is 4.99. The van der Waals surface area contributed by atoms with Gasteiger partial charge in [-0.15, -0.1) is 0 Å². The smallest absolute Gasteiger partial charge is 0.350 e. The molecule has 0 aliphatic carbocycles. The maximum atomic E-state index is 13.1. The number of nitrogens with one attached hydrogen (secondary N) is 2. The molecule has 13 heteroatoms. The fourth-order valence-corrected chi connectivity index (χ4v) is 4.83. The number of hydrogen-bond donors (Lipinski definition) is 2. The van der Waals surface area contributed by atoms with Crippen molar-refractivity contribution in [1.29, 1.82) is 0 Å². The van der Waals surface area contributed by atoms with Crippen molar-refractivity contribution in [2.45, 2.75) is 13.8 Å². The molecular weight excluding hydrogens is 563 g/mol. The lowest BCUT2D eigenvalue weighted by atomic mass is 10.2.